The topological polar surface area (TPSA) is 60.7 Å². The van der Waals surface area contributed by atoms with Crippen molar-refractivity contribution in [2.24, 2.45) is 0 Å². The fourth-order valence-electron chi connectivity index (χ4n) is 2.09. The monoisotopic (exact) mass is 354 g/mol. The minimum atomic E-state index is -0.0799. The quantitative estimate of drug-likeness (QED) is 0.523. The Morgan fingerprint density at radius 3 is 2.73 bits per heavy atom. The van der Waals surface area contributed by atoms with E-state index >= 15 is 0 Å². The highest BCUT2D eigenvalue weighted by Crippen LogP contribution is 2.23. The van der Waals surface area contributed by atoms with Crippen LogP contribution in [0, 0.1) is 0 Å². The van der Waals surface area contributed by atoms with Crippen LogP contribution in [0.3, 0.4) is 0 Å². The predicted molar refractivity (Wildman–Crippen MR) is 85.7 cm³/mol. The molecule has 0 N–H and O–H groups in total. The number of hydrogen-bond acceptors (Lipinski definition) is 4. The Kier molecular flexibility index (Phi) is 4.29. The van der Waals surface area contributed by atoms with E-state index in [0.29, 0.717) is 33.3 Å². The summed E-state index contributed by atoms with van der Waals surface area (Å²) in [4.78, 5) is 24.4. The summed E-state index contributed by atoms with van der Waals surface area (Å²) < 4.78 is 1.75. The molecule has 0 aliphatic heterocycles. The van der Waals surface area contributed by atoms with E-state index in [1.54, 1.807) is 29.1 Å². The van der Waals surface area contributed by atoms with Crippen molar-refractivity contribution in [3.8, 4) is 0 Å². The van der Waals surface area contributed by atoms with E-state index in [1.807, 2.05) is 0 Å². The first-order valence-electron chi connectivity index (χ1n) is 6.36. The van der Waals surface area contributed by atoms with E-state index in [1.165, 1.54) is 6.33 Å². The summed E-state index contributed by atoms with van der Waals surface area (Å²) in [6.45, 7) is 0.418. The van der Waals surface area contributed by atoms with Crippen molar-refractivity contribution < 1.29 is 4.79 Å². The van der Waals surface area contributed by atoms with Gasteiger partial charge in [-0.05, 0) is 18.2 Å². The summed E-state index contributed by atoms with van der Waals surface area (Å²) in [7, 11) is 0. The lowest BCUT2D eigenvalue weighted by Crippen LogP contribution is -2.06. The Morgan fingerprint density at radius 1 is 1.14 bits per heavy atom. The molecular formula is C14H9Cl3N4O. The molecule has 3 aromatic rings. The molecule has 0 saturated heterocycles. The second-order valence-corrected chi connectivity index (χ2v) is 5.77. The fraction of sp³-hybridized carbons (Fsp3) is 0.143. The minimum absolute atomic E-state index is 0.0799. The first-order chi connectivity index (χ1) is 10.6. The number of benzene rings is 1. The van der Waals surface area contributed by atoms with Gasteiger partial charge in [-0.3, -0.25) is 4.79 Å². The van der Waals surface area contributed by atoms with E-state index in [9.17, 15) is 4.79 Å². The summed E-state index contributed by atoms with van der Waals surface area (Å²) in [5.74, 6) is -0.0799. The number of hydrogen-bond donors (Lipinski definition) is 0. The van der Waals surface area contributed by atoms with Crippen LogP contribution in [-0.4, -0.2) is 25.3 Å². The molecule has 0 bridgehead atoms. The lowest BCUT2D eigenvalue weighted by Gasteiger charge is -2.05. The smallest absolute Gasteiger partial charge is 0.166 e. The number of fused-ring (bicyclic) bond motifs is 1. The summed E-state index contributed by atoms with van der Waals surface area (Å²) in [5.41, 5.74) is 1.55. The normalized spacial score (nSPS) is 11.0. The van der Waals surface area contributed by atoms with Gasteiger partial charge in [-0.2, -0.15) is 0 Å². The molecule has 112 valence electrons. The van der Waals surface area contributed by atoms with E-state index < -0.39 is 0 Å². The standard InChI is InChI=1S/C14H9Cl3N4O/c15-8-1-2-9(10(16)5-8)11(22)3-4-21-7-20-12-13(17)18-6-19-14(12)21/h1-2,5-7H,3-4H2. The minimum Gasteiger partial charge on any atom is -0.315 e. The number of carbonyl (C=O) groups excluding carboxylic acids is 1. The van der Waals surface area contributed by atoms with Gasteiger partial charge in [0.1, 0.15) is 11.8 Å². The molecular weight excluding hydrogens is 347 g/mol. The third-order valence-electron chi connectivity index (χ3n) is 3.17. The lowest BCUT2D eigenvalue weighted by molar-refractivity contribution is 0.0977. The average molecular weight is 356 g/mol. The molecule has 1 aromatic carbocycles. The van der Waals surface area contributed by atoms with Crippen LogP contribution in [0.15, 0.2) is 30.9 Å². The van der Waals surface area contributed by atoms with E-state index in [0.717, 1.165) is 0 Å². The Balaban J connectivity index is 1.79. The van der Waals surface area contributed by atoms with Gasteiger partial charge in [0, 0.05) is 23.6 Å². The molecule has 2 heterocycles. The summed E-state index contributed by atoms with van der Waals surface area (Å²) >= 11 is 17.8. The molecule has 0 aliphatic rings. The average Bonchev–Trinajstić information content (AvgIpc) is 2.89. The maximum Gasteiger partial charge on any atom is 0.166 e. The molecule has 5 nitrogen and oxygen atoms in total. The number of halogens is 3. The molecule has 0 spiro atoms. The van der Waals surface area contributed by atoms with Crippen molar-refractivity contribution >= 4 is 51.7 Å². The highest BCUT2D eigenvalue weighted by Gasteiger charge is 2.13. The van der Waals surface area contributed by atoms with Gasteiger partial charge in [0.05, 0.1) is 11.3 Å². The second kappa shape index (κ2) is 6.20. The van der Waals surface area contributed by atoms with Crippen LogP contribution < -0.4 is 0 Å². The molecule has 0 aliphatic carbocycles. The Labute approximate surface area is 140 Å². The van der Waals surface area contributed by atoms with Crippen LogP contribution in [0.2, 0.25) is 15.2 Å². The Morgan fingerprint density at radius 2 is 1.95 bits per heavy atom. The SMILES string of the molecule is O=C(CCn1cnc2c(Cl)ncnc21)c1ccc(Cl)cc1Cl. The zero-order valence-electron chi connectivity index (χ0n) is 11.1. The van der Waals surface area contributed by atoms with Crippen molar-refractivity contribution in [1.29, 1.82) is 0 Å². The number of aryl methyl sites for hydroxylation is 1. The van der Waals surface area contributed by atoms with E-state index in [4.69, 9.17) is 34.8 Å². The summed E-state index contributed by atoms with van der Waals surface area (Å²) in [6.07, 6.45) is 3.21. The van der Waals surface area contributed by atoms with Gasteiger partial charge in [-0.15, -0.1) is 0 Å². The number of ketones is 1. The maximum absolute atomic E-state index is 12.3. The highest BCUT2D eigenvalue weighted by molar-refractivity contribution is 6.36. The molecule has 0 amide bonds. The summed E-state index contributed by atoms with van der Waals surface area (Å²) in [6, 6.07) is 4.81. The molecule has 0 fully saturated rings. The zero-order valence-corrected chi connectivity index (χ0v) is 13.4. The van der Waals surface area contributed by atoms with Crippen molar-refractivity contribution in [2.45, 2.75) is 13.0 Å². The maximum atomic E-state index is 12.3. The van der Waals surface area contributed by atoms with Gasteiger partial charge in [0.25, 0.3) is 0 Å². The molecule has 0 atom stereocenters. The van der Waals surface area contributed by atoms with Crippen LogP contribution in [-0.2, 0) is 6.54 Å². The predicted octanol–water partition coefficient (Wildman–Crippen LogP) is 4.06. The van der Waals surface area contributed by atoms with Gasteiger partial charge in [-0.25, -0.2) is 15.0 Å². The van der Waals surface area contributed by atoms with E-state index in [-0.39, 0.29) is 17.4 Å². The number of aromatic nitrogens is 4. The van der Waals surface area contributed by atoms with Crippen molar-refractivity contribution in [2.75, 3.05) is 0 Å². The van der Waals surface area contributed by atoms with Gasteiger partial charge < -0.3 is 4.57 Å². The van der Waals surface area contributed by atoms with Crippen LogP contribution in [0.1, 0.15) is 16.8 Å². The van der Waals surface area contributed by atoms with Gasteiger partial charge >= 0.3 is 0 Å². The fourth-order valence-corrected chi connectivity index (χ4v) is 2.78. The molecule has 3 rings (SSSR count). The molecule has 0 saturated carbocycles. The number of Topliss-reactive ketones (excluding diaryl/α,β-unsaturated/α-hetero) is 1. The Hall–Kier alpha value is -1.69. The largest absolute Gasteiger partial charge is 0.315 e. The first-order valence-corrected chi connectivity index (χ1v) is 7.49. The highest BCUT2D eigenvalue weighted by atomic mass is 35.5. The molecule has 8 heteroatoms. The van der Waals surface area contributed by atoms with Gasteiger partial charge in [0.15, 0.2) is 16.6 Å². The lowest BCUT2D eigenvalue weighted by atomic mass is 10.1. The molecule has 22 heavy (non-hydrogen) atoms. The van der Waals surface area contributed by atoms with Gasteiger partial charge in [0.2, 0.25) is 0 Å². The van der Waals surface area contributed by atoms with Crippen molar-refractivity contribution in [3.05, 3.63) is 51.6 Å². The third-order valence-corrected chi connectivity index (χ3v) is 3.99. The molecule has 0 radical (unpaired) electrons. The third kappa shape index (κ3) is 2.92. The first kappa shape index (κ1) is 15.2. The van der Waals surface area contributed by atoms with Crippen LogP contribution in [0.25, 0.3) is 11.2 Å². The van der Waals surface area contributed by atoms with Crippen LogP contribution in [0.4, 0.5) is 0 Å². The van der Waals surface area contributed by atoms with Crippen LogP contribution in [0.5, 0.6) is 0 Å². The number of nitrogens with zero attached hydrogens (tertiary/aromatic N) is 4. The van der Waals surface area contributed by atoms with Crippen molar-refractivity contribution in [1.82, 2.24) is 19.5 Å². The van der Waals surface area contributed by atoms with E-state index in [2.05, 4.69) is 15.0 Å². The van der Waals surface area contributed by atoms with Crippen molar-refractivity contribution in [3.63, 3.8) is 0 Å². The van der Waals surface area contributed by atoms with Gasteiger partial charge in [-0.1, -0.05) is 34.8 Å². The zero-order chi connectivity index (χ0) is 15.7. The molecule has 2 aromatic heterocycles. The second-order valence-electron chi connectivity index (χ2n) is 4.57. The number of rotatable bonds is 4. The molecule has 0 unspecified atom stereocenters. The number of imidazole rings is 1. The summed E-state index contributed by atoms with van der Waals surface area (Å²) in [5, 5.41) is 1.13. The van der Waals surface area contributed by atoms with Crippen LogP contribution >= 0.6 is 34.8 Å². The number of carbonyl (C=O) groups is 1. The Bertz CT molecular complexity index is 862.